The Morgan fingerprint density at radius 1 is 1.33 bits per heavy atom. The van der Waals surface area contributed by atoms with Gasteiger partial charge in [0.1, 0.15) is 0 Å². The summed E-state index contributed by atoms with van der Waals surface area (Å²) in [7, 11) is 1.93. The Labute approximate surface area is 140 Å². The lowest BCUT2D eigenvalue weighted by Crippen LogP contribution is -2.33. The van der Waals surface area contributed by atoms with Crippen molar-refractivity contribution in [2.24, 2.45) is 7.05 Å². The van der Waals surface area contributed by atoms with Gasteiger partial charge in [-0.1, -0.05) is 18.2 Å². The fourth-order valence-electron chi connectivity index (χ4n) is 3.28. The van der Waals surface area contributed by atoms with Crippen molar-refractivity contribution in [3.05, 3.63) is 58.5 Å². The SMILES string of the molecule is Cn1ccc(N2CC[C@H](NCc3cc4ccccc4[nH]c3=O)C2)n1. The van der Waals surface area contributed by atoms with Crippen molar-refractivity contribution in [2.75, 3.05) is 18.0 Å². The molecule has 24 heavy (non-hydrogen) atoms. The van der Waals surface area contributed by atoms with Crippen LogP contribution in [0.1, 0.15) is 12.0 Å². The molecule has 0 saturated carbocycles. The number of anilines is 1. The van der Waals surface area contributed by atoms with E-state index in [1.807, 2.05) is 54.3 Å². The zero-order valence-electron chi connectivity index (χ0n) is 13.7. The Kier molecular flexibility index (Phi) is 3.82. The van der Waals surface area contributed by atoms with Crippen LogP contribution in [-0.4, -0.2) is 33.9 Å². The van der Waals surface area contributed by atoms with Gasteiger partial charge >= 0.3 is 0 Å². The van der Waals surface area contributed by atoms with Crippen LogP contribution in [0.4, 0.5) is 5.82 Å². The van der Waals surface area contributed by atoms with Crippen LogP contribution in [0.25, 0.3) is 10.9 Å². The minimum absolute atomic E-state index is 0.0132. The largest absolute Gasteiger partial charge is 0.354 e. The number of H-pyrrole nitrogens is 1. The van der Waals surface area contributed by atoms with Crippen LogP contribution in [0.15, 0.2) is 47.4 Å². The molecule has 1 aromatic carbocycles. The van der Waals surface area contributed by atoms with Crippen LogP contribution in [-0.2, 0) is 13.6 Å². The number of rotatable bonds is 4. The lowest BCUT2D eigenvalue weighted by atomic mass is 10.1. The Bertz CT molecular complexity index is 913. The van der Waals surface area contributed by atoms with Crippen LogP contribution in [0.3, 0.4) is 0 Å². The molecule has 0 amide bonds. The summed E-state index contributed by atoms with van der Waals surface area (Å²) in [6, 6.07) is 12.3. The Morgan fingerprint density at radius 3 is 3.04 bits per heavy atom. The number of para-hydroxylation sites is 1. The average Bonchev–Trinajstić information content (AvgIpc) is 3.21. The third-order valence-electron chi connectivity index (χ3n) is 4.62. The fraction of sp³-hybridized carbons (Fsp3) is 0.333. The minimum Gasteiger partial charge on any atom is -0.354 e. The van der Waals surface area contributed by atoms with Gasteiger partial charge in [-0.05, 0) is 23.9 Å². The number of nitrogens with one attached hydrogen (secondary N) is 2. The summed E-state index contributed by atoms with van der Waals surface area (Å²) < 4.78 is 1.82. The number of pyridine rings is 1. The van der Waals surface area contributed by atoms with Crippen LogP contribution < -0.4 is 15.8 Å². The summed E-state index contributed by atoms with van der Waals surface area (Å²) >= 11 is 0. The topological polar surface area (TPSA) is 65.9 Å². The van der Waals surface area contributed by atoms with Gasteiger partial charge in [0.05, 0.1) is 0 Å². The summed E-state index contributed by atoms with van der Waals surface area (Å²) in [6.07, 6.45) is 3.02. The van der Waals surface area contributed by atoms with Crippen molar-refractivity contribution >= 4 is 16.7 Å². The Morgan fingerprint density at radius 2 is 2.21 bits per heavy atom. The highest BCUT2D eigenvalue weighted by atomic mass is 16.1. The third-order valence-corrected chi connectivity index (χ3v) is 4.62. The van der Waals surface area contributed by atoms with Gasteiger partial charge in [-0.2, -0.15) is 5.10 Å². The smallest absolute Gasteiger partial charge is 0.252 e. The number of aromatic amines is 1. The van der Waals surface area contributed by atoms with Crippen molar-refractivity contribution in [1.82, 2.24) is 20.1 Å². The molecule has 3 heterocycles. The number of benzene rings is 1. The summed E-state index contributed by atoms with van der Waals surface area (Å²) in [5, 5.41) is 9.03. The number of hydrogen-bond donors (Lipinski definition) is 2. The number of fused-ring (bicyclic) bond motifs is 1. The molecule has 4 rings (SSSR count). The van der Waals surface area contributed by atoms with E-state index in [4.69, 9.17) is 0 Å². The third kappa shape index (κ3) is 2.92. The molecule has 0 spiro atoms. The number of nitrogens with zero attached hydrogens (tertiary/aromatic N) is 3. The Hall–Kier alpha value is -2.60. The second-order valence-corrected chi connectivity index (χ2v) is 6.37. The molecule has 2 aromatic heterocycles. The maximum Gasteiger partial charge on any atom is 0.252 e. The fourth-order valence-corrected chi connectivity index (χ4v) is 3.28. The van der Waals surface area contributed by atoms with Gasteiger partial charge in [0, 0.05) is 56.1 Å². The summed E-state index contributed by atoms with van der Waals surface area (Å²) in [6.45, 7) is 2.49. The molecule has 6 nitrogen and oxygen atoms in total. The number of hydrogen-bond acceptors (Lipinski definition) is 4. The molecule has 0 radical (unpaired) electrons. The maximum absolute atomic E-state index is 12.2. The number of aromatic nitrogens is 3. The van der Waals surface area contributed by atoms with Crippen molar-refractivity contribution in [3.63, 3.8) is 0 Å². The van der Waals surface area contributed by atoms with E-state index >= 15 is 0 Å². The van der Waals surface area contributed by atoms with Crippen LogP contribution in [0.5, 0.6) is 0 Å². The zero-order valence-corrected chi connectivity index (χ0v) is 13.7. The van der Waals surface area contributed by atoms with Crippen LogP contribution >= 0.6 is 0 Å². The predicted octanol–water partition coefficient (Wildman–Crippen LogP) is 1.63. The normalized spacial score (nSPS) is 17.7. The summed E-state index contributed by atoms with van der Waals surface area (Å²) in [5.74, 6) is 1.02. The van der Waals surface area contributed by atoms with Gasteiger partial charge in [-0.25, -0.2) is 0 Å². The molecule has 1 aliphatic rings. The molecule has 0 bridgehead atoms. The first-order valence-corrected chi connectivity index (χ1v) is 8.28. The van der Waals surface area contributed by atoms with Crippen molar-refractivity contribution in [2.45, 2.75) is 19.0 Å². The monoisotopic (exact) mass is 323 g/mol. The van der Waals surface area contributed by atoms with Gasteiger partial charge in [0.25, 0.3) is 5.56 Å². The van der Waals surface area contributed by atoms with E-state index in [0.29, 0.717) is 12.6 Å². The molecular weight excluding hydrogens is 302 g/mol. The van der Waals surface area contributed by atoms with Gasteiger partial charge in [-0.15, -0.1) is 0 Å². The van der Waals surface area contributed by atoms with E-state index < -0.39 is 0 Å². The lowest BCUT2D eigenvalue weighted by molar-refractivity contribution is 0.549. The quantitative estimate of drug-likeness (QED) is 0.766. The highest BCUT2D eigenvalue weighted by molar-refractivity contribution is 5.78. The summed E-state index contributed by atoms with van der Waals surface area (Å²) in [4.78, 5) is 17.4. The van der Waals surface area contributed by atoms with Crippen molar-refractivity contribution in [1.29, 1.82) is 0 Å². The van der Waals surface area contributed by atoms with Crippen molar-refractivity contribution in [3.8, 4) is 0 Å². The molecule has 3 aromatic rings. The van der Waals surface area contributed by atoms with E-state index in [-0.39, 0.29) is 5.56 Å². The molecule has 1 saturated heterocycles. The molecule has 6 heteroatoms. The van der Waals surface area contributed by atoms with Gasteiger partial charge in [0.2, 0.25) is 0 Å². The van der Waals surface area contributed by atoms with Crippen LogP contribution in [0.2, 0.25) is 0 Å². The molecule has 0 unspecified atom stereocenters. The van der Waals surface area contributed by atoms with Crippen molar-refractivity contribution < 1.29 is 0 Å². The highest BCUT2D eigenvalue weighted by Crippen LogP contribution is 2.18. The Balaban J connectivity index is 1.42. The molecular formula is C18H21N5O. The molecule has 2 N–H and O–H groups in total. The van der Waals surface area contributed by atoms with E-state index in [1.165, 1.54) is 0 Å². The zero-order chi connectivity index (χ0) is 16.5. The van der Waals surface area contributed by atoms with E-state index in [2.05, 4.69) is 20.3 Å². The second-order valence-electron chi connectivity index (χ2n) is 6.37. The molecule has 124 valence electrons. The van der Waals surface area contributed by atoms with E-state index in [9.17, 15) is 4.79 Å². The van der Waals surface area contributed by atoms with Gasteiger partial charge in [0.15, 0.2) is 5.82 Å². The minimum atomic E-state index is -0.0132. The van der Waals surface area contributed by atoms with E-state index in [0.717, 1.165) is 41.8 Å². The first-order chi connectivity index (χ1) is 11.7. The summed E-state index contributed by atoms with van der Waals surface area (Å²) in [5.41, 5.74) is 1.65. The van der Waals surface area contributed by atoms with Crippen LogP contribution in [0, 0.1) is 0 Å². The van der Waals surface area contributed by atoms with Gasteiger partial charge in [-0.3, -0.25) is 9.48 Å². The standard InChI is InChI=1S/C18H21N5O/c1-22-8-7-17(21-22)23-9-6-15(12-23)19-11-14-10-13-4-2-3-5-16(13)20-18(14)24/h2-5,7-8,10,15,19H,6,9,11-12H2,1H3,(H,20,24)/t15-/m0/s1. The molecule has 0 aliphatic carbocycles. The first kappa shape index (κ1) is 15.0. The molecule has 1 fully saturated rings. The van der Waals surface area contributed by atoms with E-state index in [1.54, 1.807) is 0 Å². The average molecular weight is 323 g/mol. The van der Waals surface area contributed by atoms with Gasteiger partial charge < -0.3 is 15.2 Å². The molecule has 1 aliphatic heterocycles. The maximum atomic E-state index is 12.2. The first-order valence-electron chi connectivity index (χ1n) is 8.28. The lowest BCUT2D eigenvalue weighted by Gasteiger charge is -2.16. The molecule has 1 atom stereocenters. The second kappa shape index (κ2) is 6.13. The number of aryl methyl sites for hydroxylation is 1. The highest BCUT2D eigenvalue weighted by Gasteiger charge is 2.23. The predicted molar refractivity (Wildman–Crippen MR) is 95.2 cm³/mol.